The van der Waals surface area contributed by atoms with E-state index in [2.05, 4.69) is 11.9 Å². The lowest BCUT2D eigenvalue weighted by Gasteiger charge is -2.13. The van der Waals surface area contributed by atoms with E-state index in [4.69, 9.17) is 4.74 Å². The number of halogens is 2. The number of hydrogen-bond donors (Lipinski definition) is 2. The highest BCUT2D eigenvalue weighted by Gasteiger charge is 2.36. The summed E-state index contributed by atoms with van der Waals surface area (Å²) in [5, 5.41) is 11.7. The Balaban J connectivity index is 1.78. The van der Waals surface area contributed by atoms with Gasteiger partial charge in [-0.05, 0) is 54.1 Å². The third kappa shape index (κ3) is 4.97. The lowest BCUT2D eigenvalue weighted by molar-refractivity contribution is -0.127. The third-order valence-electron chi connectivity index (χ3n) is 4.44. The molecule has 0 spiro atoms. The van der Waals surface area contributed by atoms with Crippen LogP contribution in [0.25, 0.3) is 6.08 Å². The second-order valence-corrected chi connectivity index (χ2v) is 7.66. The molecule has 0 unspecified atom stereocenters. The van der Waals surface area contributed by atoms with E-state index in [9.17, 15) is 28.3 Å². The molecule has 0 atom stereocenters. The molecule has 2 N–H and O–H groups in total. The number of nitrogens with zero attached hydrogens (tertiary/aromatic N) is 1. The number of amides is 3. The maximum atomic E-state index is 13.7. The number of methoxy groups -OCH3 is 1. The zero-order chi connectivity index (χ0) is 23.4. The number of anilines is 1. The fourth-order valence-corrected chi connectivity index (χ4v) is 3.79. The van der Waals surface area contributed by atoms with Gasteiger partial charge in [-0.2, -0.15) is 0 Å². The van der Waals surface area contributed by atoms with E-state index in [1.807, 2.05) is 0 Å². The summed E-state index contributed by atoms with van der Waals surface area (Å²) in [5.41, 5.74) is 0.746. The molecule has 0 aliphatic carbocycles. The van der Waals surface area contributed by atoms with E-state index in [1.54, 1.807) is 12.1 Å². The van der Waals surface area contributed by atoms with Crippen LogP contribution in [0.3, 0.4) is 0 Å². The van der Waals surface area contributed by atoms with Crippen molar-refractivity contribution in [1.29, 1.82) is 0 Å². The Hall–Kier alpha value is -3.66. The molecule has 7 nitrogen and oxygen atoms in total. The molecule has 3 amide bonds. The van der Waals surface area contributed by atoms with E-state index in [0.29, 0.717) is 35.4 Å². The maximum absolute atomic E-state index is 13.7. The predicted molar refractivity (Wildman–Crippen MR) is 116 cm³/mol. The molecular formula is C22H18F2N2O5S. The van der Waals surface area contributed by atoms with Gasteiger partial charge in [0.2, 0.25) is 5.91 Å². The summed E-state index contributed by atoms with van der Waals surface area (Å²) in [4.78, 5) is 37.9. The fourth-order valence-electron chi connectivity index (χ4n) is 2.95. The van der Waals surface area contributed by atoms with Gasteiger partial charge in [0.1, 0.15) is 18.2 Å². The van der Waals surface area contributed by atoms with Crippen molar-refractivity contribution < 1.29 is 33.0 Å². The molecule has 1 aliphatic heterocycles. The van der Waals surface area contributed by atoms with E-state index in [-0.39, 0.29) is 22.1 Å². The smallest absolute Gasteiger partial charge is 0.294 e. The molecule has 10 heteroatoms. The van der Waals surface area contributed by atoms with Crippen molar-refractivity contribution in [3.8, 4) is 11.5 Å². The van der Waals surface area contributed by atoms with Crippen LogP contribution in [0.5, 0.6) is 11.5 Å². The minimum Gasteiger partial charge on any atom is -0.504 e. The monoisotopic (exact) mass is 460 g/mol. The molecule has 0 bridgehead atoms. The van der Waals surface area contributed by atoms with E-state index >= 15 is 0 Å². The number of imide groups is 1. The number of benzene rings is 2. The molecular weight excluding hydrogens is 442 g/mol. The normalized spacial score (nSPS) is 14.7. The van der Waals surface area contributed by atoms with Gasteiger partial charge in [-0.25, -0.2) is 8.78 Å². The van der Waals surface area contributed by atoms with Crippen molar-refractivity contribution in [1.82, 2.24) is 4.90 Å². The number of phenols is 1. The van der Waals surface area contributed by atoms with Crippen LogP contribution in [0.1, 0.15) is 11.1 Å². The molecule has 0 saturated carbocycles. The van der Waals surface area contributed by atoms with E-state index < -0.39 is 35.2 Å². The van der Waals surface area contributed by atoms with Crippen molar-refractivity contribution in [3.63, 3.8) is 0 Å². The molecule has 3 rings (SSSR count). The summed E-state index contributed by atoms with van der Waals surface area (Å²) in [6, 6.07) is 5.73. The lowest BCUT2D eigenvalue weighted by atomic mass is 10.1. The van der Waals surface area contributed by atoms with Crippen molar-refractivity contribution in [2.75, 3.05) is 19.0 Å². The first-order chi connectivity index (χ1) is 15.2. The molecule has 0 radical (unpaired) electrons. The first-order valence-corrected chi connectivity index (χ1v) is 10.1. The Morgan fingerprint density at radius 1 is 1.28 bits per heavy atom. The maximum Gasteiger partial charge on any atom is 0.294 e. The second kappa shape index (κ2) is 9.65. The summed E-state index contributed by atoms with van der Waals surface area (Å²) in [6.45, 7) is 2.99. The number of aromatic hydroxyl groups is 1. The number of nitrogens with one attached hydrogen (secondary N) is 1. The summed E-state index contributed by atoms with van der Waals surface area (Å²) >= 11 is 0.638. The first-order valence-electron chi connectivity index (χ1n) is 9.24. The minimum absolute atomic E-state index is 0.0534. The highest BCUT2D eigenvalue weighted by Crippen LogP contribution is 2.36. The molecule has 32 heavy (non-hydrogen) atoms. The van der Waals surface area contributed by atoms with Crippen LogP contribution in [-0.4, -0.2) is 40.7 Å². The zero-order valence-corrected chi connectivity index (χ0v) is 17.7. The van der Waals surface area contributed by atoms with Gasteiger partial charge in [0.05, 0.1) is 17.7 Å². The van der Waals surface area contributed by atoms with Crippen LogP contribution in [0, 0.1) is 11.6 Å². The zero-order valence-electron chi connectivity index (χ0n) is 16.9. The average Bonchev–Trinajstić information content (AvgIpc) is 2.99. The molecule has 166 valence electrons. The van der Waals surface area contributed by atoms with Crippen LogP contribution >= 0.6 is 11.8 Å². The molecule has 2 aromatic rings. The third-order valence-corrected chi connectivity index (χ3v) is 5.35. The largest absolute Gasteiger partial charge is 0.504 e. The van der Waals surface area contributed by atoms with E-state index in [1.165, 1.54) is 19.3 Å². The fraction of sp³-hybridized carbons (Fsp3) is 0.136. The van der Waals surface area contributed by atoms with Crippen LogP contribution in [-0.2, 0) is 16.0 Å². The molecule has 1 fully saturated rings. The van der Waals surface area contributed by atoms with Crippen molar-refractivity contribution in [3.05, 3.63) is 70.7 Å². The summed E-state index contributed by atoms with van der Waals surface area (Å²) < 4.78 is 31.8. The van der Waals surface area contributed by atoms with Gasteiger partial charge in [-0.15, -0.1) is 6.58 Å². The van der Waals surface area contributed by atoms with E-state index in [0.717, 1.165) is 17.0 Å². The minimum atomic E-state index is -0.982. The average molecular weight is 460 g/mol. The molecule has 1 aliphatic rings. The van der Waals surface area contributed by atoms with Gasteiger partial charge in [0.25, 0.3) is 11.1 Å². The van der Waals surface area contributed by atoms with Gasteiger partial charge in [-0.3, -0.25) is 19.3 Å². The second-order valence-electron chi connectivity index (χ2n) is 6.66. The summed E-state index contributed by atoms with van der Waals surface area (Å²) in [7, 11) is 1.38. The SMILES string of the molecule is C=CCc1cc(/C=C2\SC(=O)N(CC(=O)Nc3ccc(F)cc3F)C2=O)cc(OC)c1O. The molecule has 2 aromatic carbocycles. The Morgan fingerprint density at radius 2 is 2.03 bits per heavy atom. The number of ether oxygens (including phenoxy) is 1. The Labute approximate surface area is 186 Å². The van der Waals surface area contributed by atoms with Crippen LogP contribution in [0.2, 0.25) is 0 Å². The highest BCUT2D eigenvalue weighted by molar-refractivity contribution is 8.18. The summed E-state index contributed by atoms with van der Waals surface area (Å²) in [6.07, 6.45) is 3.39. The molecule has 0 aromatic heterocycles. The van der Waals surface area contributed by atoms with Gasteiger partial charge in [-0.1, -0.05) is 6.08 Å². The number of rotatable bonds is 7. The number of hydrogen-bond acceptors (Lipinski definition) is 6. The predicted octanol–water partition coefficient (Wildman–Crippen LogP) is 4.08. The van der Waals surface area contributed by atoms with Crippen LogP contribution < -0.4 is 10.1 Å². The van der Waals surface area contributed by atoms with Gasteiger partial charge >= 0.3 is 0 Å². The number of allylic oxidation sites excluding steroid dienone is 1. The number of thioether (sulfide) groups is 1. The Bertz CT molecular complexity index is 1150. The number of carbonyl (C=O) groups excluding carboxylic acids is 3. The Kier molecular flexibility index (Phi) is 6.94. The summed E-state index contributed by atoms with van der Waals surface area (Å²) in [5.74, 6) is -3.17. The van der Waals surface area contributed by atoms with Gasteiger partial charge in [0.15, 0.2) is 11.5 Å². The molecule has 1 heterocycles. The molecule has 1 saturated heterocycles. The lowest BCUT2D eigenvalue weighted by Crippen LogP contribution is -2.36. The van der Waals surface area contributed by atoms with Crippen molar-refractivity contribution in [2.24, 2.45) is 0 Å². The Morgan fingerprint density at radius 3 is 2.69 bits per heavy atom. The standard InChI is InChI=1S/C22H18F2N2O5S/c1-3-4-13-7-12(8-17(31-2)20(13)28)9-18-21(29)26(22(30)32-18)11-19(27)25-16-6-5-14(23)10-15(16)24/h3,5-10,28H,1,4,11H2,2H3,(H,25,27)/b18-9-. The topological polar surface area (TPSA) is 95.9 Å². The van der Waals surface area contributed by atoms with Crippen LogP contribution in [0.4, 0.5) is 19.3 Å². The first kappa shape index (κ1) is 23.0. The van der Waals surface area contributed by atoms with Gasteiger partial charge in [0, 0.05) is 11.6 Å². The quantitative estimate of drug-likeness (QED) is 0.478. The number of carbonyl (C=O) groups is 3. The van der Waals surface area contributed by atoms with Crippen molar-refractivity contribution in [2.45, 2.75) is 6.42 Å². The highest BCUT2D eigenvalue weighted by atomic mass is 32.2. The van der Waals surface area contributed by atoms with Crippen LogP contribution in [0.15, 0.2) is 47.9 Å². The van der Waals surface area contributed by atoms with Crippen molar-refractivity contribution >= 4 is 40.6 Å². The van der Waals surface area contributed by atoms with Gasteiger partial charge < -0.3 is 15.2 Å². The number of phenolic OH excluding ortho intramolecular Hbond substituents is 1.